The molecular weight excluding hydrogens is 520 g/mol. The topological polar surface area (TPSA) is 162 Å². The number of hydrogen-bond donors (Lipinski definition) is 5. The number of nitrogens with two attached hydrogens (primary N) is 1. The molecule has 0 unspecified atom stereocenters. The average molecular weight is 562 g/mol. The molecule has 1 saturated heterocycles. The average Bonchev–Trinajstić information content (AvgIpc) is 2.90. The molecule has 3 heterocycles. The number of rotatable bonds is 12. The van der Waals surface area contributed by atoms with E-state index in [-0.39, 0.29) is 16.4 Å². The number of likely N-dealkylation sites (N-methyl/N-ethyl adjacent to an activating group) is 1. The van der Waals surface area contributed by atoms with Gasteiger partial charge in [0.25, 0.3) is 0 Å². The first-order valence-electron chi connectivity index (χ1n) is 13.9. The number of nitrogens with one attached hydrogen (secondary N) is 4. The van der Waals surface area contributed by atoms with E-state index in [4.69, 9.17) is 11.1 Å². The van der Waals surface area contributed by atoms with Crippen LogP contribution < -0.4 is 21.7 Å². The number of amides is 3. The molecule has 3 amide bonds. The lowest BCUT2D eigenvalue weighted by Crippen LogP contribution is -2.67. The first kappa shape index (κ1) is 31.2. The summed E-state index contributed by atoms with van der Waals surface area (Å²) in [4.78, 5) is 40.6. The number of pyridine rings is 1. The van der Waals surface area contributed by atoms with E-state index in [0.29, 0.717) is 79.1 Å². The first-order chi connectivity index (χ1) is 19.7. The molecule has 0 spiro atoms. The van der Waals surface area contributed by atoms with Crippen LogP contribution >= 0.6 is 0 Å². The molecule has 2 aromatic rings. The molecule has 12 nitrogen and oxygen atoms in total. The van der Waals surface area contributed by atoms with Crippen LogP contribution in [0.4, 0.5) is 28.1 Å². The third kappa shape index (κ3) is 8.57. The van der Waals surface area contributed by atoms with Gasteiger partial charge in [0.05, 0.1) is 23.6 Å². The van der Waals surface area contributed by atoms with Crippen LogP contribution in [0.3, 0.4) is 0 Å². The third-order valence-electron chi connectivity index (χ3n) is 6.51. The van der Waals surface area contributed by atoms with Crippen LogP contribution in [0.5, 0.6) is 0 Å². The van der Waals surface area contributed by atoms with Crippen molar-refractivity contribution in [2.24, 2.45) is 0 Å². The first-order valence-corrected chi connectivity index (χ1v) is 13.9. The van der Waals surface area contributed by atoms with Gasteiger partial charge in [-0.05, 0) is 39.9 Å². The number of carbonyl (C=O) groups is 2. The number of likely N-dealkylation sites (tertiary alicyclic amines) is 1. The minimum Gasteiger partial charge on any atom is -0.383 e. The van der Waals surface area contributed by atoms with Crippen molar-refractivity contribution in [3.05, 3.63) is 41.7 Å². The Hall–Kier alpha value is -4.34. The number of aromatic nitrogens is 3. The molecule has 1 aliphatic heterocycles. The van der Waals surface area contributed by atoms with E-state index in [1.165, 1.54) is 6.08 Å². The molecule has 12 heteroatoms. The highest BCUT2D eigenvalue weighted by Gasteiger charge is 2.49. The molecule has 1 aliphatic rings. The molecule has 0 bridgehead atoms. The maximum atomic E-state index is 12.8. The number of nitrogen functional groups attached to an aromatic ring is 1. The molecule has 218 valence electrons. The summed E-state index contributed by atoms with van der Waals surface area (Å²) < 4.78 is -0.158. The highest BCUT2D eigenvalue weighted by Crippen LogP contribution is 2.22. The zero-order chi connectivity index (χ0) is 29.8. The van der Waals surface area contributed by atoms with Gasteiger partial charge in [0.1, 0.15) is 24.7 Å². The Balaban J connectivity index is 1.57. The van der Waals surface area contributed by atoms with Gasteiger partial charge in [-0.25, -0.2) is 19.6 Å². The van der Waals surface area contributed by atoms with Crippen molar-refractivity contribution >= 4 is 40.9 Å². The van der Waals surface area contributed by atoms with Crippen molar-refractivity contribution in [2.45, 2.75) is 39.5 Å². The molecule has 3 rings (SSSR count). The highest BCUT2D eigenvalue weighted by molar-refractivity contribution is 6.01. The normalized spacial score (nSPS) is 13.7. The SMILES string of the molecule is CCCNc1nc(Nc2cnc(N)c(C(C)=N)c2)ncc1C#CCCCNC(=O)[N+]1(C(=O)/C=C/CN(C)C)CCC1. The molecule has 0 saturated carbocycles. The lowest BCUT2D eigenvalue weighted by molar-refractivity contribution is -0.813. The summed E-state index contributed by atoms with van der Waals surface area (Å²) in [7, 11) is 3.86. The van der Waals surface area contributed by atoms with Gasteiger partial charge in [-0.2, -0.15) is 9.47 Å². The maximum Gasteiger partial charge on any atom is 0.424 e. The van der Waals surface area contributed by atoms with E-state index in [1.54, 1.807) is 31.5 Å². The minimum absolute atomic E-state index is 0.158. The van der Waals surface area contributed by atoms with Crippen molar-refractivity contribution in [2.75, 3.05) is 63.2 Å². The van der Waals surface area contributed by atoms with Crippen LogP contribution in [0.1, 0.15) is 50.7 Å². The fraction of sp³-hybridized carbons (Fsp3) is 0.448. The number of quaternary nitrogens is 1. The van der Waals surface area contributed by atoms with Crippen LogP contribution in [0.25, 0.3) is 0 Å². The Kier molecular flexibility index (Phi) is 11.3. The van der Waals surface area contributed by atoms with E-state index in [9.17, 15) is 9.59 Å². The van der Waals surface area contributed by atoms with E-state index in [1.807, 2.05) is 19.0 Å². The van der Waals surface area contributed by atoms with Gasteiger partial charge in [-0.15, -0.1) is 0 Å². The van der Waals surface area contributed by atoms with Gasteiger partial charge in [-0.1, -0.05) is 24.8 Å². The number of urea groups is 1. The standard InChI is InChI=1S/C29H40N10O2/c1-5-13-32-27-22(19-35-28(37-27)36-23-18-24(21(2)30)26(31)34-20-23)11-7-6-8-14-33-29(41)39(16-10-17-39)25(40)12-9-15-38(3)4/h9,12,18-20H,5-6,8,10,13-17H2,1-4H3,(H5-,30,31,32,33,34,35,36,37,41)/p+1/b12-9+. The summed E-state index contributed by atoms with van der Waals surface area (Å²) >= 11 is 0. The molecule has 0 radical (unpaired) electrons. The van der Waals surface area contributed by atoms with Gasteiger partial charge in [0.15, 0.2) is 0 Å². The minimum atomic E-state index is -0.245. The number of carbonyl (C=O) groups excluding carboxylic acids is 2. The summed E-state index contributed by atoms with van der Waals surface area (Å²) in [6.07, 6.45) is 9.54. The summed E-state index contributed by atoms with van der Waals surface area (Å²) in [6, 6.07) is 1.49. The van der Waals surface area contributed by atoms with Crippen LogP contribution in [-0.2, 0) is 4.79 Å². The molecule has 41 heavy (non-hydrogen) atoms. The molecular formula is C29H41N10O2+. The Morgan fingerprint density at radius 3 is 2.66 bits per heavy atom. The van der Waals surface area contributed by atoms with Crippen molar-refractivity contribution in [1.29, 1.82) is 5.41 Å². The monoisotopic (exact) mass is 561 g/mol. The van der Waals surface area contributed by atoms with Crippen LogP contribution in [-0.4, -0.2) is 88.8 Å². The summed E-state index contributed by atoms with van der Waals surface area (Å²) in [6.45, 7) is 6.60. The van der Waals surface area contributed by atoms with Gasteiger partial charge < -0.3 is 32.0 Å². The Bertz CT molecular complexity index is 1340. The summed E-state index contributed by atoms with van der Waals surface area (Å²) in [5.41, 5.74) is 8.01. The largest absolute Gasteiger partial charge is 0.424 e. The molecule has 1 fully saturated rings. The zero-order valence-corrected chi connectivity index (χ0v) is 24.4. The fourth-order valence-electron chi connectivity index (χ4n) is 4.07. The summed E-state index contributed by atoms with van der Waals surface area (Å²) in [5.74, 6) is 7.37. The van der Waals surface area contributed by atoms with E-state index in [2.05, 4.69) is 49.7 Å². The van der Waals surface area contributed by atoms with Gasteiger partial charge in [-0.3, -0.25) is 0 Å². The Morgan fingerprint density at radius 1 is 1.22 bits per heavy atom. The van der Waals surface area contributed by atoms with Crippen molar-refractivity contribution in [3.63, 3.8) is 0 Å². The second kappa shape index (κ2) is 14.9. The maximum absolute atomic E-state index is 12.8. The number of unbranched alkanes of at least 4 members (excludes halogenated alkanes) is 1. The van der Waals surface area contributed by atoms with E-state index >= 15 is 0 Å². The lowest BCUT2D eigenvalue weighted by Gasteiger charge is -2.38. The number of hydrogen-bond acceptors (Lipinski definition) is 10. The lowest BCUT2D eigenvalue weighted by atomic mass is 10.1. The number of imide groups is 1. The molecule has 0 aliphatic carbocycles. The quantitative estimate of drug-likeness (QED) is 0.0862. The van der Waals surface area contributed by atoms with E-state index < -0.39 is 0 Å². The smallest absolute Gasteiger partial charge is 0.383 e. The van der Waals surface area contributed by atoms with Crippen molar-refractivity contribution < 1.29 is 14.1 Å². The molecule has 0 aromatic carbocycles. The van der Waals surface area contributed by atoms with Gasteiger partial charge in [0, 0.05) is 49.8 Å². The Morgan fingerprint density at radius 2 is 2.00 bits per heavy atom. The van der Waals surface area contributed by atoms with Crippen LogP contribution in [0.2, 0.25) is 0 Å². The number of anilines is 4. The fourth-order valence-corrected chi connectivity index (χ4v) is 4.07. The second-order valence-corrected chi connectivity index (χ2v) is 10.2. The molecule has 0 atom stereocenters. The van der Waals surface area contributed by atoms with Crippen LogP contribution in [0, 0.1) is 17.3 Å². The van der Waals surface area contributed by atoms with Crippen LogP contribution in [0.15, 0.2) is 30.6 Å². The van der Waals surface area contributed by atoms with Crippen molar-refractivity contribution in [3.8, 4) is 11.8 Å². The predicted molar refractivity (Wildman–Crippen MR) is 162 cm³/mol. The highest BCUT2D eigenvalue weighted by atomic mass is 16.2. The Labute approximate surface area is 241 Å². The number of nitrogens with zero attached hydrogens (tertiary/aromatic N) is 5. The van der Waals surface area contributed by atoms with Gasteiger partial charge >= 0.3 is 11.9 Å². The van der Waals surface area contributed by atoms with E-state index in [0.717, 1.165) is 19.4 Å². The molecule has 2 aromatic heterocycles. The summed E-state index contributed by atoms with van der Waals surface area (Å²) in [5, 5.41) is 17.2. The van der Waals surface area contributed by atoms with Crippen molar-refractivity contribution in [1.82, 2.24) is 25.2 Å². The predicted octanol–water partition coefficient (Wildman–Crippen LogP) is 3.11. The third-order valence-corrected chi connectivity index (χ3v) is 6.51. The zero-order valence-electron chi connectivity index (χ0n) is 24.4. The molecule has 6 N–H and O–H groups in total. The second-order valence-electron chi connectivity index (χ2n) is 10.2. The van der Waals surface area contributed by atoms with Gasteiger partial charge in [0.2, 0.25) is 5.95 Å².